The Bertz CT molecular complexity index is 784. The molecule has 1 spiro atoms. The molecule has 0 N–H and O–H groups in total. The van der Waals surface area contributed by atoms with Gasteiger partial charge in [-0.15, -0.1) is 0 Å². The second-order valence-electron chi connectivity index (χ2n) is 9.80. The number of Topliss-reactive ketones (excluding diaryl/α,β-unsaturated/α-hetero) is 2. The van der Waals surface area contributed by atoms with Gasteiger partial charge < -0.3 is 14.2 Å². The predicted molar refractivity (Wildman–Crippen MR) is 102 cm³/mol. The fourth-order valence-corrected chi connectivity index (χ4v) is 7.41. The topological polar surface area (TPSA) is 61.8 Å². The van der Waals surface area contributed by atoms with Crippen LogP contribution in [0.3, 0.4) is 0 Å². The van der Waals surface area contributed by atoms with Crippen LogP contribution >= 0.6 is 0 Å². The highest BCUT2D eigenvalue weighted by Gasteiger charge is 2.70. The molecule has 0 amide bonds. The molecule has 1 saturated heterocycles. The summed E-state index contributed by atoms with van der Waals surface area (Å²) in [6, 6.07) is 0. The van der Waals surface area contributed by atoms with Crippen LogP contribution in [-0.4, -0.2) is 37.4 Å². The van der Waals surface area contributed by atoms with Crippen molar-refractivity contribution < 1.29 is 23.8 Å². The first-order valence-corrected chi connectivity index (χ1v) is 10.6. The third kappa shape index (κ3) is 2.18. The lowest BCUT2D eigenvalue weighted by atomic mass is 9.47. The zero-order valence-electron chi connectivity index (χ0n) is 17.0. The van der Waals surface area contributed by atoms with Gasteiger partial charge in [0.25, 0.3) is 6.48 Å². The standard InChI is InChI=1S/C23H30O5/c1-21-10-5-4-6-14(21)7-8-15-16-9-11-23(18(25)13-27-20(26-3)28-23)22(16,2)12-17(24)19(15)21/h4,6-7,15-16,19-20H,5,8-13H2,1-3H3/t15-,16-,19+,20?,21-,22-,23-/m0/s1. The fraction of sp³-hybridized carbons (Fsp3) is 0.739. The smallest absolute Gasteiger partial charge is 0.272 e. The molecule has 28 heavy (non-hydrogen) atoms. The lowest BCUT2D eigenvalue weighted by Gasteiger charge is -2.57. The van der Waals surface area contributed by atoms with E-state index in [9.17, 15) is 9.59 Å². The number of rotatable bonds is 1. The molecule has 1 heterocycles. The minimum atomic E-state index is -0.964. The maximum Gasteiger partial charge on any atom is 0.272 e. The van der Waals surface area contributed by atoms with E-state index in [0.29, 0.717) is 24.5 Å². The Morgan fingerprint density at radius 2 is 2.04 bits per heavy atom. The first-order chi connectivity index (χ1) is 13.4. The minimum Gasteiger partial charge on any atom is -0.333 e. The van der Waals surface area contributed by atoms with Gasteiger partial charge in [0.05, 0.1) is 0 Å². The summed E-state index contributed by atoms with van der Waals surface area (Å²) in [5.41, 5.74) is -0.187. The van der Waals surface area contributed by atoms with Gasteiger partial charge in [-0.2, -0.15) is 0 Å². The Morgan fingerprint density at radius 3 is 2.82 bits per heavy atom. The number of carbonyl (C=O) groups is 2. The molecule has 0 aromatic rings. The van der Waals surface area contributed by atoms with E-state index in [1.165, 1.54) is 12.7 Å². The molecule has 4 aliphatic carbocycles. The Hall–Kier alpha value is -1.30. The van der Waals surface area contributed by atoms with Crippen LogP contribution in [-0.2, 0) is 23.8 Å². The van der Waals surface area contributed by atoms with Crippen molar-refractivity contribution >= 4 is 11.6 Å². The van der Waals surface area contributed by atoms with Crippen LogP contribution in [0.2, 0.25) is 0 Å². The van der Waals surface area contributed by atoms with Crippen molar-refractivity contribution in [1.29, 1.82) is 0 Å². The van der Waals surface area contributed by atoms with Crippen molar-refractivity contribution in [2.24, 2.45) is 28.6 Å². The van der Waals surface area contributed by atoms with Gasteiger partial charge in [0.1, 0.15) is 18.0 Å². The summed E-state index contributed by atoms with van der Waals surface area (Å²) in [5.74, 6) is 0.918. The molecule has 5 rings (SSSR count). The van der Waals surface area contributed by atoms with Crippen LogP contribution in [0.5, 0.6) is 0 Å². The summed E-state index contributed by atoms with van der Waals surface area (Å²) in [5, 5.41) is 0. The molecular formula is C23H30O5. The molecule has 0 radical (unpaired) electrons. The van der Waals surface area contributed by atoms with Gasteiger partial charge in [-0.3, -0.25) is 9.59 Å². The van der Waals surface area contributed by atoms with E-state index in [0.717, 1.165) is 25.7 Å². The average Bonchev–Trinajstić information content (AvgIpc) is 2.95. The summed E-state index contributed by atoms with van der Waals surface area (Å²) < 4.78 is 16.8. The van der Waals surface area contributed by atoms with Gasteiger partial charge in [0, 0.05) is 30.3 Å². The fourth-order valence-electron chi connectivity index (χ4n) is 7.41. The summed E-state index contributed by atoms with van der Waals surface area (Å²) in [6.07, 6.45) is 11.8. The maximum atomic E-state index is 13.6. The van der Waals surface area contributed by atoms with Crippen LogP contribution in [0.1, 0.15) is 52.4 Å². The molecule has 2 saturated carbocycles. The number of allylic oxidation sites excluding steroid dienone is 4. The van der Waals surface area contributed by atoms with E-state index in [4.69, 9.17) is 14.2 Å². The Labute approximate surface area is 166 Å². The Morgan fingerprint density at radius 1 is 1.21 bits per heavy atom. The molecule has 3 fully saturated rings. The van der Waals surface area contributed by atoms with Crippen molar-refractivity contribution in [2.45, 2.75) is 64.4 Å². The molecule has 1 unspecified atom stereocenters. The van der Waals surface area contributed by atoms with Crippen molar-refractivity contribution in [1.82, 2.24) is 0 Å². The van der Waals surface area contributed by atoms with Gasteiger partial charge in [0.2, 0.25) is 0 Å². The molecule has 0 aromatic heterocycles. The highest BCUT2D eigenvalue weighted by atomic mass is 16.9. The summed E-state index contributed by atoms with van der Waals surface area (Å²) in [7, 11) is 1.52. The lowest BCUT2D eigenvalue weighted by Crippen LogP contribution is -2.64. The number of ketones is 2. The Balaban J connectivity index is 1.56. The van der Waals surface area contributed by atoms with Gasteiger partial charge in [0.15, 0.2) is 5.78 Å². The summed E-state index contributed by atoms with van der Waals surface area (Å²) >= 11 is 0. The summed E-state index contributed by atoms with van der Waals surface area (Å²) in [4.78, 5) is 26.7. The molecule has 1 aliphatic heterocycles. The highest BCUT2D eigenvalue weighted by molar-refractivity contribution is 5.93. The van der Waals surface area contributed by atoms with Gasteiger partial charge in [-0.1, -0.05) is 32.1 Å². The quantitative estimate of drug-likeness (QED) is 0.689. The third-order valence-corrected chi connectivity index (χ3v) is 8.76. The van der Waals surface area contributed by atoms with Crippen molar-refractivity contribution in [3.63, 3.8) is 0 Å². The summed E-state index contributed by atoms with van der Waals surface area (Å²) in [6.45, 7) is 3.55. The van der Waals surface area contributed by atoms with E-state index >= 15 is 0 Å². The first-order valence-electron chi connectivity index (χ1n) is 10.6. The van der Waals surface area contributed by atoms with Gasteiger partial charge in [-0.05, 0) is 49.5 Å². The number of fused-ring (bicyclic) bond motifs is 6. The van der Waals surface area contributed by atoms with E-state index < -0.39 is 17.5 Å². The average molecular weight is 386 g/mol. The van der Waals surface area contributed by atoms with Crippen LogP contribution < -0.4 is 0 Å². The molecule has 0 aromatic carbocycles. The maximum absolute atomic E-state index is 13.6. The SMILES string of the molecule is COC1OCC(=O)[C@]2(CC[C@H]3[C@@H]4CC=C5C=CCC[C@]5(C)[C@H]4C(=O)C[C@@]32C)O1. The van der Waals surface area contributed by atoms with Crippen LogP contribution in [0.4, 0.5) is 0 Å². The van der Waals surface area contributed by atoms with Crippen molar-refractivity contribution in [3.05, 3.63) is 23.8 Å². The second-order valence-corrected chi connectivity index (χ2v) is 9.80. The number of hydrogen-bond acceptors (Lipinski definition) is 5. The van der Waals surface area contributed by atoms with Crippen LogP contribution in [0.15, 0.2) is 23.8 Å². The molecule has 5 heteroatoms. The number of methoxy groups -OCH3 is 1. The molecule has 0 bridgehead atoms. The monoisotopic (exact) mass is 386 g/mol. The number of carbonyl (C=O) groups excluding carboxylic acids is 2. The highest BCUT2D eigenvalue weighted by Crippen LogP contribution is 2.67. The van der Waals surface area contributed by atoms with Gasteiger partial charge in [-0.25, -0.2) is 0 Å². The normalized spacial score (nSPS) is 50.2. The van der Waals surface area contributed by atoms with E-state index in [2.05, 4.69) is 32.1 Å². The molecule has 152 valence electrons. The number of ether oxygens (including phenoxy) is 3. The largest absolute Gasteiger partial charge is 0.333 e. The lowest BCUT2D eigenvalue weighted by molar-refractivity contribution is -0.346. The van der Waals surface area contributed by atoms with E-state index in [1.807, 2.05) is 0 Å². The minimum absolute atomic E-state index is 0.00430. The van der Waals surface area contributed by atoms with Crippen molar-refractivity contribution in [3.8, 4) is 0 Å². The van der Waals surface area contributed by atoms with Crippen LogP contribution in [0, 0.1) is 28.6 Å². The van der Waals surface area contributed by atoms with E-state index in [-0.39, 0.29) is 29.6 Å². The molecular weight excluding hydrogens is 356 g/mol. The zero-order chi connectivity index (χ0) is 19.7. The van der Waals surface area contributed by atoms with Crippen molar-refractivity contribution in [2.75, 3.05) is 13.7 Å². The Kier molecular flexibility index (Phi) is 4.08. The van der Waals surface area contributed by atoms with Crippen LogP contribution in [0.25, 0.3) is 0 Å². The molecule has 7 atom stereocenters. The predicted octanol–water partition coefficient (Wildman–Crippen LogP) is 3.58. The van der Waals surface area contributed by atoms with E-state index in [1.54, 1.807) is 0 Å². The zero-order valence-corrected chi connectivity index (χ0v) is 17.0. The third-order valence-electron chi connectivity index (χ3n) is 8.76. The first kappa shape index (κ1) is 18.7. The molecule has 5 aliphatic rings. The second kappa shape index (κ2) is 6.10. The van der Waals surface area contributed by atoms with Gasteiger partial charge >= 0.3 is 0 Å². The number of hydrogen-bond donors (Lipinski definition) is 0. The molecule has 5 nitrogen and oxygen atoms in total.